The Balaban J connectivity index is 2.96. The normalized spacial score (nSPS) is 25.8. The van der Waals surface area contributed by atoms with Crippen LogP contribution >= 0.6 is 0 Å². The molecule has 4 heteroatoms. The van der Waals surface area contributed by atoms with Crippen molar-refractivity contribution in [2.45, 2.75) is 83.9 Å². The monoisotopic (exact) mass is 302 g/mol. The highest BCUT2D eigenvalue weighted by atomic mass is 28.4. The highest BCUT2D eigenvalue weighted by Gasteiger charge is 2.59. The Morgan fingerprint density at radius 3 is 2.15 bits per heavy atom. The van der Waals surface area contributed by atoms with Gasteiger partial charge in [-0.1, -0.05) is 39.0 Å². The minimum absolute atomic E-state index is 0.110. The number of hydrogen-bond acceptors (Lipinski definition) is 3. The summed E-state index contributed by atoms with van der Waals surface area (Å²) < 4.78 is 19.0. The first-order chi connectivity index (χ1) is 9.70. The molecule has 1 aliphatic rings. The molecule has 1 atom stereocenters. The number of rotatable bonds is 10. The second-order valence-corrected chi connectivity index (χ2v) is 9.20. The Morgan fingerprint density at radius 2 is 1.60 bits per heavy atom. The first-order valence-corrected chi connectivity index (χ1v) is 10.6. The molecule has 0 bridgehead atoms. The lowest BCUT2D eigenvalue weighted by Crippen LogP contribution is -2.66. The average Bonchev–Trinajstić information content (AvgIpc) is 2.43. The molecule has 1 fully saturated rings. The summed E-state index contributed by atoms with van der Waals surface area (Å²) in [5.74, 6) is 0. The molecule has 20 heavy (non-hydrogen) atoms. The third-order valence-corrected chi connectivity index (χ3v) is 8.94. The van der Waals surface area contributed by atoms with E-state index in [4.69, 9.17) is 13.6 Å². The highest BCUT2D eigenvalue weighted by molar-refractivity contribution is 6.70. The zero-order valence-corrected chi connectivity index (χ0v) is 15.0. The summed E-state index contributed by atoms with van der Waals surface area (Å²) in [6.45, 7) is 10.8. The van der Waals surface area contributed by atoms with Crippen LogP contribution in [0.3, 0.4) is 0 Å². The van der Waals surface area contributed by atoms with E-state index in [-0.39, 0.29) is 5.22 Å². The van der Waals surface area contributed by atoms with Crippen molar-refractivity contribution in [2.24, 2.45) is 0 Å². The van der Waals surface area contributed by atoms with Crippen LogP contribution in [0.15, 0.2) is 0 Å². The van der Waals surface area contributed by atoms with Crippen molar-refractivity contribution >= 4 is 8.56 Å². The van der Waals surface area contributed by atoms with Crippen LogP contribution in [-0.4, -0.2) is 33.6 Å². The highest BCUT2D eigenvalue weighted by Crippen LogP contribution is 2.44. The molecular formula is C16H34O3Si. The lowest BCUT2D eigenvalue weighted by Gasteiger charge is -2.49. The lowest BCUT2D eigenvalue weighted by atomic mass is 10.0. The van der Waals surface area contributed by atoms with Gasteiger partial charge in [0, 0.05) is 19.8 Å². The van der Waals surface area contributed by atoms with Crippen LogP contribution in [0.4, 0.5) is 0 Å². The summed E-state index contributed by atoms with van der Waals surface area (Å²) >= 11 is 0. The van der Waals surface area contributed by atoms with Crippen molar-refractivity contribution in [3.8, 4) is 0 Å². The number of hydrogen-bond donors (Lipinski definition) is 0. The predicted molar refractivity (Wildman–Crippen MR) is 86.2 cm³/mol. The maximum absolute atomic E-state index is 6.35. The number of unbranched alkanes of at least 4 members (excludes halogenated alkanes) is 2. The summed E-state index contributed by atoms with van der Waals surface area (Å²) in [6, 6.07) is 1.10. The second kappa shape index (κ2) is 9.18. The fourth-order valence-electron chi connectivity index (χ4n) is 3.61. The van der Waals surface area contributed by atoms with Crippen molar-refractivity contribution in [1.29, 1.82) is 0 Å². The molecule has 1 heterocycles. The Morgan fingerprint density at radius 1 is 0.900 bits per heavy atom. The van der Waals surface area contributed by atoms with Crippen LogP contribution < -0.4 is 0 Å². The molecular weight excluding hydrogens is 268 g/mol. The van der Waals surface area contributed by atoms with Crippen molar-refractivity contribution in [3.05, 3.63) is 0 Å². The quantitative estimate of drug-likeness (QED) is 0.437. The molecule has 0 aromatic rings. The van der Waals surface area contributed by atoms with E-state index in [9.17, 15) is 0 Å². The molecule has 0 radical (unpaired) electrons. The van der Waals surface area contributed by atoms with Crippen LogP contribution in [0, 0.1) is 0 Å². The van der Waals surface area contributed by atoms with E-state index in [1.807, 2.05) is 0 Å². The maximum Gasteiger partial charge on any atom is 0.371 e. The number of ether oxygens (including phenoxy) is 1. The van der Waals surface area contributed by atoms with Crippen molar-refractivity contribution in [3.63, 3.8) is 0 Å². The van der Waals surface area contributed by atoms with Crippen LogP contribution in [0.1, 0.15) is 72.6 Å². The standard InChI is InChI=1S/C16H34O3Si/c1-5-9-10-13-16(17-6-2)14-11-12-15-20(16,18-7-3)19-8-4/h5-15H2,1-4H3. The van der Waals surface area contributed by atoms with E-state index in [0.29, 0.717) is 0 Å². The van der Waals surface area contributed by atoms with Gasteiger partial charge in [-0.3, -0.25) is 0 Å². The smallest absolute Gasteiger partial charge is 0.371 e. The van der Waals surface area contributed by atoms with Gasteiger partial charge in [0.1, 0.15) is 5.22 Å². The predicted octanol–water partition coefficient (Wildman–Crippen LogP) is 4.58. The molecule has 120 valence electrons. The molecule has 0 N–H and O–H groups in total. The van der Waals surface area contributed by atoms with Gasteiger partial charge >= 0.3 is 8.56 Å². The minimum atomic E-state index is -2.26. The first kappa shape index (κ1) is 18.1. The lowest BCUT2D eigenvalue weighted by molar-refractivity contribution is -0.0467. The molecule has 0 saturated carbocycles. The molecule has 1 rings (SSSR count). The molecule has 0 aliphatic carbocycles. The first-order valence-electron chi connectivity index (χ1n) is 8.62. The molecule has 1 aliphatic heterocycles. The van der Waals surface area contributed by atoms with Gasteiger partial charge < -0.3 is 13.6 Å². The van der Waals surface area contributed by atoms with Gasteiger partial charge in [0.2, 0.25) is 0 Å². The Labute approximate surface area is 126 Å². The molecule has 1 saturated heterocycles. The van der Waals surface area contributed by atoms with Gasteiger partial charge in [0.25, 0.3) is 0 Å². The summed E-state index contributed by atoms with van der Waals surface area (Å²) in [5, 5.41) is -0.110. The summed E-state index contributed by atoms with van der Waals surface area (Å²) in [7, 11) is -2.26. The SMILES string of the molecule is CCCCCC1(OCC)CCCC[Si]1(OCC)OCC. The zero-order chi connectivity index (χ0) is 14.9. The minimum Gasteiger partial charge on any atom is -0.393 e. The maximum atomic E-state index is 6.35. The third-order valence-electron chi connectivity index (χ3n) is 4.39. The molecule has 0 aromatic carbocycles. The molecule has 0 amide bonds. The Hall–Kier alpha value is 0.0969. The van der Waals surface area contributed by atoms with Crippen molar-refractivity contribution in [1.82, 2.24) is 0 Å². The van der Waals surface area contributed by atoms with E-state index < -0.39 is 8.56 Å². The van der Waals surface area contributed by atoms with Gasteiger partial charge in [-0.2, -0.15) is 0 Å². The topological polar surface area (TPSA) is 27.7 Å². The van der Waals surface area contributed by atoms with Gasteiger partial charge in [-0.15, -0.1) is 0 Å². The van der Waals surface area contributed by atoms with E-state index in [1.54, 1.807) is 0 Å². The summed E-state index contributed by atoms with van der Waals surface area (Å²) in [4.78, 5) is 0. The van der Waals surface area contributed by atoms with E-state index in [0.717, 1.165) is 38.7 Å². The van der Waals surface area contributed by atoms with Crippen LogP contribution in [0.25, 0.3) is 0 Å². The molecule has 0 spiro atoms. The van der Waals surface area contributed by atoms with E-state index in [2.05, 4.69) is 27.7 Å². The summed E-state index contributed by atoms with van der Waals surface area (Å²) in [6.07, 6.45) is 8.47. The average molecular weight is 303 g/mol. The van der Waals surface area contributed by atoms with Crippen LogP contribution in [0.2, 0.25) is 6.04 Å². The Bertz CT molecular complexity index is 245. The Kier molecular flexibility index (Phi) is 8.33. The molecule has 1 unspecified atom stereocenters. The van der Waals surface area contributed by atoms with Gasteiger partial charge in [-0.25, -0.2) is 0 Å². The van der Waals surface area contributed by atoms with Crippen molar-refractivity contribution < 1.29 is 13.6 Å². The fraction of sp³-hybridized carbons (Fsp3) is 1.00. The fourth-order valence-corrected chi connectivity index (χ4v) is 8.09. The van der Waals surface area contributed by atoms with E-state index in [1.165, 1.54) is 32.1 Å². The summed E-state index contributed by atoms with van der Waals surface area (Å²) in [5.41, 5.74) is 0. The van der Waals surface area contributed by atoms with Gasteiger partial charge in [0.05, 0.1) is 0 Å². The largest absolute Gasteiger partial charge is 0.393 e. The second-order valence-electron chi connectivity index (χ2n) is 5.71. The van der Waals surface area contributed by atoms with E-state index >= 15 is 0 Å². The molecule has 0 aromatic heterocycles. The third kappa shape index (κ3) is 4.06. The van der Waals surface area contributed by atoms with Gasteiger partial charge in [0.15, 0.2) is 0 Å². The van der Waals surface area contributed by atoms with Crippen molar-refractivity contribution in [2.75, 3.05) is 19.8 Å². The van der Waals surface area contributed by atoms with Crippen LogP contribution in [-0.2, 0) is 13.6 Å². The molecule has 3 nitrogen and oxygen atoms in total. The van der Waals surface area contributed by atoms with Gasteiger partial charge in [-0.05, 0) is 39.7 Å². The van der Waals surface area contributed by atoms with Crippen LogP contribution in [0.5, 0.6) is 0 Å². The zero-order valence-electron chi connectivity index (χ0n) is 14.0.